The number of ketones is 1. The van der Waals surface area contributed by atoms with Crippen LogP contribution in [0.25, 0.3) is 0 Å². The molecule has 1 aromatic carbocycles. The highest BCUT2D eigenvalue weighted by Gasteiger charge is 2.43. The number of nitrogens with zero attached hydrogens (tertiary/aromatic N) is 1. The molecule has 0 fully saturated rings. The number of nitrogens with two attached hydrogens (primary N) is 1. The molecule has 1 aromatic rings. The van der Waals surface area contributed by atoms with E-state index in [1.54, 1.807) is 25.1 Å². The van der Waals surface area contributed by atoms with Gasteiger partial charge in [0.2, 0.25) is 5.88 Å². The Kier molecular flexibility index (Phi) is 6.22. The highest BCUT2D eigenvalue weighted by atomic mass is 79.9. The molecule has 1 aliphatic heterocycles. The Labute approximate surface area is 183 Å². The van der Waals surface area contributed by atoms with Gasteiger partial charge in [0.25, 0.3) is 0 Å². The fraction of sp³-hybridized carbons (Fsp3) is 0.409. The van der Waals surface area contributed by atoms with Crippen LogP contribution in [0.4, 0.5) is 0 Å². The van der Waals surface area contributed by atoms with Crippen LogP contribution in [0.5, 0.6) is 5.75 Å². The lowest BCUT2D eigenvalue weighted by molar-refractivity contribution is -0.145. The van der Waals surface area contributed by atoms with E-state index in [1.807, 2.05) is 13.8 Å². The second kappa shape index (κ2) is 8.52. The van der Waals surface area contributed by atoms with E-state index in [2.05, 4.69) is 22.0 Å². The summed E-state index contributed by atoms with van der Waals surface area (Å²) >= 11 is 3.44. The molecule has 2 aliphatic rings. The van der Waals surface area contributed by atoms with Gasteiger partial charge < -0.3 is 19.9 Å². The van der Waals surface area contributed by atoms with E-state index in [4.69, 9.17) is 19.9 Å². The summed E-state index contributed by atoms with van der Waals surface area (Å²) in [6.45, 7) is 5.63. The van der Waals surface area contributed by atoms with E-state index in [0.717, 1.165) is 4.47 Å². The van der Waals surface area contributed by atoms with Crippen LogP contribution in [0.15, 0.2) is 45.5 Å². The van der Waals surface area contributed by atoms with Gasteiger partial charge in [0.05, 0.1) is 12.5 Å². The number of esters is 1. The number of carbonyl (C=O) groups excluding carboxylic acids is 2. The van der Waals surface area contributed by atoms with Gasteiger partial charge >= 0.3 is 5.97 Å². The minimum Gasteiger partial charge on any atom is -0.482 e. The van der Waals surface area contributed by atoms with Gasteiger partial charge in [0, 0.05) is 28.5 Å². The SMILES string of the molecule is CCOC(=O)COc1ccc(Br)cc1C1C(C#N)=C(N)OC2=C1C(=O)CC(C)(C)C2. The largest absolute Gasteiger partial charge is 0.482 e. The molecule has 1 atom stereocenters. The van der Waals surface area contributed by atoms with Gasteiger partial charge in [-0.1, -0.05) is 29.8 Å². The topological polar surface area (TPSA) is 112 Å². The summed E-state index contributed by atoms with van der Waals surface area (Å²) in [5, 5.41) is 9.79. The summed E-state index contributed by atoms with van der Waals surface area (Å²) in [6, 6.07) is 7.28. The number of rotatable bonds is 5. The van der Waals surface area contributed by atoms with Crippen LogP contribution in [0.1, 0.15) is 45.1 Å². The first-order chi connectivity index (χ1) is 14.2. The normalized spacial score (nSPS) is 20.2. The van der Waals surface area contributed by atoms with E-state index in [0.29, 0.717) is 35.5 Å². The third kappa shape index (κ3) is 4.36. The smallest absolute Gasteiger partial charge is 0.344 e. The standard InChI is InChI=1S/C22H23BrN2O5/c1-4-28-18(27)11-29-16-6-5-12(23)7-13(16)19-14(10-24)21(25)30-17-9-22(2,3)8-15(26)20(17)19/h5-7,19H,4,8-9,11,25H2,1-3H3. The first-order valence-electron chi connectivity index (χ1n) is 9.58. The second-order valence-electron chi connectivity index (χ2n) is 7.98. The molecule has 1 unspecified atom stereocenters. The Hall–Kier alpha value is -2.79. The van der Waals surface area contributed by atoms with Crippen molar-refractivity contribution in [1.82, 2.24) is 0 Å². The number of benzene rings is 1. The van der Waals surface area contributed by atoms with Gasteiger partial charge in [-0.05, 0) is 30.5 Å². The van der Waals surface area contributed by atoms with E-state index < -0.39 is 11.9 Å². The van der Waals surface area contributed by atoms with Gasteiger partial charge in [0.15, 0.2) is 12.4 Å². The number of hydrogen-bond acceptors (Lipinski definition) is 7. The maximum absolute atomic E-state index is 13.1. The summed E-state index contributed by atoms with van der Waals surface area (Å²) < 4.78 is 17.1. The molecular formula is C22H23BrN2O5. The number of hydrogen-bond donors (Lipinski definition) is 1. The summed E-state index contributed by atoms with van der Waals surface area (Å²) in [4.78, 5) is 24.9. The van der Waals surface area contributed by atoms with E-state index >= 15 is 0 Å². The average molecular weight is 475 g/mol. The minimum atomic E-state index is -0.739. The van der Waals surface area contributed by atoms with Crippen LogP contribution < -0.4 is 10.5 Å². The fourth-order valence-corrected chi connectivity index (χ4v) is 4.19. The highest BCUT2D eigenvalue weighted by Crippen LogP contribution is 2.49. The summed E-state index contributed by atoms with van der Waals surface area (Å²) in [6.07, 6.45) is 0.855. The number of carbonyl (C=O) groups is 2. The van der Waals surface area contributed by atoms with Crippen molar-refractivity contribution < 1.29 is 23.8 Å². The van der Waals surface area contributed by atoms with Gasteiger partial charge in [-0.3, -0.25) is 4.79 Å². The van der Waals surface area contributed by atoms with Crippen LogP contribution in [-0.4, -0.2) is 25.0 Å². The summed E-state index contributed by atoms with van der Waals surface area (Å²) in [5.41, 5.74) is 6.91. The maximum atomic E-state index is 13.1. The van der Waals surface area contributed by atoms with Gasteiger partial charge in [0.1, 0.15) is 23.2 Å². The van der Waals surface area contributed by atoms with Gasteiger partial charge in [-0.15, -0.1) is 0 Å². The van der Waals surface area contributed by atoms with Crippen molar-refractivity contribution in [1.29, 1.82) is 5.26 Å². The predicted octanol–water partition coefficient (Wildman–Crippen LogP) is 3.84. The van der Waals surface area contributed by atoms with Gasteiger partial charge in [-0.2, -0.15) is 5.26 Å². The number of Topliss-reactive ketones (excluding diaryl/α,β-unsaturated/α-hetero) is 1. The molecule has 30 heavy (non-hydrogen) atoms. The fourth-order valence-electron chi connectivity index (χ4n) is 3.81. The lowest BCUT2D eigenvalue weighted by Gasteiger charge is -2.37. The average Bonchev–Trinajstić information content (AvgIpc) is 2.65. The number of allylic oxidation sites excluding steroid dienone is 3. The zero-order chi connectivity index (χ0) is 22.1. The maximum Gasteiger partial charge on any atom is 0.344 e. The molecule has 1 heterocycles. The molecule has 0 bridgehead atoms. The third-order valence-electron chi connectivity index (χ3n) is 5.01. The number of ether oxygens (including phenoxy) is 3. The molecule has 0 radical (unpaired) electrons. The number of halogens is 1. The first kappa shape index (κ1) is 21.9. The van der Waals surface area contributed by atoms with Crippen LogP contribution >= 0.6 is 15.9 Å². The molecule has 0 saturated heterocycles. The second-order valence-corrected chi connectivity index (χ2v) is 8.89. The third-order valence-corrected chi connectivity index (χ3v) is 5.50. The molecule has 0 amide bonds. The molecule has 1 aliphatic carbocycles. The molecule has 0 saturated carbocycles. The lowest BCUT2D eigenvalue weighted by atomic mass is 9.70. The van der Waals surface area contributed by atoms with Gasteiger partial charge in [-0.25, -0.2) is 4.79 Å². The predicted molar refractivity (Wildman–Crippen MR) is 112 cm³/mol. The van der Waals surface area contributed by atoms with E-state index in [1.165, 1.54) is 0 Å². The molecular weight excluding hydrogens is 452 g/mol. The van der Waals surface area contributed by atoms with Crippen molar-refractivity contribution in [2.75, 3.05) is 13.2 Å². The lowest BCUT2D eigenvalue weighted by Crippen LogP contribution is -2.33. The molecule has 2 N–H and O–H groups in total. The van der Waals surface area contributed by atoms with Crippen molar-refractivity contribution in [2.45, 2.75) is 39.5 Å². The van der Waals surface area contributed by atoms with Crippen LogP contribution in [-0.2, 0) is 19.1 Å². The molecule has 8 heteroatoms. The van der Waals surface area contributed by atoms with Crippen LogP contribution in [0.3, 0.4) is 0 Å². The number of nitriles is 1. The van der Waals surface area contributed by atoms with Crippen LogP contribution in [0.2, 0.25) is 0 Å². The Balaban J connectivity index is 2.11. The molecule has 0 aromatic heterocycles. The minimum absolute atomic E-state index is 0.0249. The van der Waals surface area contributed by atoms with Crippen molar-refractivity contribution in [3.8, 4) is 11.8 Å². The summed E-state index contributed by atoms with van der Waals surface area (Å²) in [5.74, 6) is -0.524. The Morgan fingerprint density at radius 3 is 2.80 bits per heavy atom. The highest BCUT2D eigenvalue weighted by molar-refractivity contribution is 9.10. The van der Waals surface area contributed by atoms with E-state index in [-0.39, 0.29) is 35.9 Å². The zero-order valence-electron chi connectivity index (χ0n) is 17.1. The van der Waals surface area contributed by atoms with Crippen molar-refractivity contribution >= 4 is 27.7 Å². The Morgan fingerprint density at radius 2 is 2.13 bits per heavy atom. The monoisotopic (exact) mass is 474 g/mol. The quantitative estimate of drug-likeness (QED) is 0.644. The molecule has 0 spiro atoms. The Bertz CT molecular complexity index is 1000. The molecule has 7 nitrogen and oxygen atoms in total. The van der Waals surface area contributed by atoms with Crippen LogP contribution in [0, 0.1) is 16.7 Å². The first-order valence-corrected chi connectivity index (χ1v) is 10.4. The molecule has 158 valence electrons. The molecule has 3 rings (SSSR count). The summed E-state index contributed by atoms with van der Waals surface area (Å²) in [7, 11) is 0. The zero-order valence-corrected chi connectivity index (χ0v) is 18.7. The van der Waals surface area contributed by atoms with E-state index in [9.17, 15) is 14.9 Å². The van der Waals surface area contributed by atoms with Crippen molar-refractivity contribution in [2.24, 2.45) is 11.1 Å². The van der Waals surface area contributed by atoms with Crippen molar-refractivity contribution in [3.05, 3.63) is 51.0 Å². The van der Waals surface area contributed by atoms with Crippen molar-refractivity contribution in [3.63, 3.8) is 0 Å². The Morgan fingerprint density at radius 1 is 1.40 bits per heavy atom.